The molecular formula is C39H26Br2N4O2. The zero-order valence-corrected chi connectivity index (χ0v) is 28.3. The average molecular weight is 742 g/mol. The largest absolute Gasteiger partial charge is 0.320 e. The van der Waals surface area contributed by atoms with Crippen LogP contribution in [0, 0.1) is 6.92 Å². The van der Waals surface area contributed by atoms with E-state index in [1.54, 1.807) is 18.2 Å². The van der Waals surface area contributed by atoms with Gasteiger partial charge in [0.15, 0.2) is 0 Å². The second kappa shape index (κ2) is 12.9. The van der Waals surface area contributed by atoms with Crippen LogP contribution in [0.3, 0.4) is 0 Å². The van der Waals surface area contributed by atoms with Crippen molar-refractivity contribution < 1.29 is 9.59 Å². The highest BCUT2D eigenvalue weighted by molar-refractivity contribution is 9.10. The van der Waals surface area contributed by atoms with Crippen LogP contribution in [0.1, 0.15) is 26.3 Å². The molecule has 2 amide bonds. The van der Waals surface area contributed by atoms with Gasteiger partial charge in [-0.1, -0.05) is 98.6 Å². The molecule has 0 spiro atoms. The van der Waals surface area contributed by atoms with Gasteiger partial charge in [0.25, 0.3) is 11.8 Å². The Morgan fingerprint density at radius 2 is 1.02 bits per heavy atom. The van der Waals surface area contributed by atoms with Gasteiger partial charge < -0.3 is 10.6 Å². The molecule has 0 aliphatic rings. The van der Waals surface area contributed by atoms with Gasteiger partial charge in [-0.25, -0.2) is 9.97 Å². The van der Waals surface area contributed by atoms with E-state index >= 15 is 0 Å². The molecule has 228 valence electrons. The number of carbonyl (C=O) groups excluding carboxylic acids is 2. The molecule has 0 fully saturated rings. The monoisotopic (exact) mass is 740 g/mol. The lowest BCUT2D eigenvalue weighted by Gasteiger charge is -2.16. The third kappa shape index (κ3) is 6.43. The number of nitrogens with zero attached hydrogens (tertiary/aromatic N) is 2. The highest BCUT2D eigenvalue weighted by Gasteiger charge is 2.19. The molecule has 2 N–H and O–H groups in total. The number of carbonyl (C=O) groups is 2. The number of nitrogens with one attached hydrogen (secondary N) is 2. The summed E-state index contributed by atoms with van der Waals surface area (Å²) in [5.74, 6) is -0.627. The predicted molar refractivity (Wildman–Crippen MR) is 197 cm³/mol. The Morgan fingerprint density at radius 3 is 1.53 bits per heavy atom. The summed E-state index contributed by atoms with van der Waals surface area (Å²) in [6.45, 7) is 1.94. The number of para-hydroxylation sites is 2. The SMILES string of the molecule is Cc1ccc(NC(=O)c2cc(-c3cccc(Br)c3)nc3ccccc23)c(NC(=O)c2cc(-c3cccc(Br)c3)nc3ccccc23)c1. The van der Waals surface area contributed by atoms with Crippen LogP contribution >= 0.6 is 31.9 Å². The lowest BCUT2D eigenvalue weighted by atomic mass is 10.0. The van der Waals surface area contributed by atoms with Crippen molar-refractivity contribution in [2.45, 2.75) is 6.92 Å². The van der Waals surface area contributed by atoms with Crippen molar-refractivity contribution in [1.82, 2.24) is 9.97 Å². The van der Waals surface area contributed by atoms with Crippen LogP contribution in [0.5, 0.6) is 0 Å². The first-order chi connectivity index (χ1) is 22.8. The Balaban J connectivity index is 1.25. The van der Waals surface area contributed by atoms with Crippen LogP contribution in [0.2, 0.25) is 0 Å². The fraction of sp³-hybridized carbons (Fsp3) is 0.0256. The lowest BCUT2D eigenvalue weighted by molar-refractivity contribution is 0.101. The van der Waals surface area contributed by atoms with Gasteiger partial charge in [-0.15, -0.1) is 0 Å². The molecule has 0 radical (unpaired) electrons. The predicted octanol–water partition coefficient (Wildman–Crippen LogP) is 10.5. The molecule has 8 heteroatoms. The van der Waals surface area contributed by atoms with Crippen LogP contribution in [-0.4, -0.2) is 21.8 Å². The van der Waals surface area contributed by atoms with Gasteiger partial charge in [0, 0.05) is 30.8 Å². The Bertz CT molecular complexity index is 2360. The Labute approximate surface area is 288 Å². The number of hydrogen-bond acceptors (Lipinski definition) is 4. The third-order valence-electron chi connectivity index (χ3n) is 7.83. The minimum Gasteiger partial charge on any atom is -0.320 e. The minimum absolute atomic E-state index is 0.313. The van der Waals surface area contributed by atoms with Crippen molar-refractivity contribution in [3.05, 3.63) is 153 Å². The van der Waals surface area contributed by atoms with Gasteiger partial charge in [-0.2, -0.15) is 0 Å². The van der Waals surface area contributed by atoms with Crippen molar-refractivity contribution in [2.75, 3.05) is 10.6 Å². The van der Waals surface area contributed by atoms with E-state index in [9.17, 15) is 9.59 Å². The Hall–Kier alpha value is -5.18. The van der Waals surface area contributed by atoms with Gasteiger partial charge in [-0.05, 0) is 73.2 Å². The van der Waals surface area contributed by atoms with E-state index in [0.29, 0.717) is 44.9 Å². The summed E-state index contributed by atoms with van der Waals surface area (Å²) in [6.07, 6.45) is 0. The Morgan fingerprint density at radius 1 is 0.532 bits per heavy atom. The van der Waals surface area contributed by atoms with Gasteiger partial charge in [0.2, 0.25) is 0 Å². The first-order valence-corrected chi connectivity index (χ1v) is 16.5. The summed E-state index contributed by atoms with van der Waals surface area (Å²) in [5.41, 5.74) is 7.38. The number of halogens is 2. The first-order valence-electron chi connectivity index (χ1n) is 14.9. The summed E-state index contributed by atoms with van der Waals surface area (Å²) < 4.78 is 1.84. The maximum absolute atomic E-state index is 14.0. The van der Waals surface area contributed by atoms with E-state index in [4.69, 9.17) is 9.97 Å². The van der Waals surface area contributed by atoms with Crippen molar-refractivity contribution in [3.63, 3.8) is 0 Å². The number of fused-ring (bicyclic) bond motifs is 2. The molecule has 6 nitrogen and oxygen atoms in total. The number of benzene rings is 5. The number of aryl methyl sites for hydroxylation is 1. The van der Waals surface area contributed by atoms with Crippen LogP contribution in [0.25, 0.3) is 44.3 Å². The molecule has 7 aromatic rings. The zero-order valence-electron chi connectivity index (χ0n) is 25.1. The second-order valence-corrected chi connectivity index (χ2v) is 13.0. The number of pyridine rings is 2. The van der Waals surface area contributed by atoms with E-state index in [-0.39, 0.29) is 11.8 Å². The van der Waals surface area contributed by atoms with Gasteiger partial charge in [0.05, 0.1) is 44.9 Å². The number of anilines is 2. The zero-order chi connectivity index (χ0) is 32.5. The fourth-order valence-electron chi connectivity index (χ4n) is 5.57. The van der Waals surface area contributed by atoms with E-state index in [0.717, 1.165) is 36.4 Å². The molecule has 0 bridgehead atoms. The molecule has 47 heavy (non-hydrogen) atoms. The summed E-state index contributed by atoms with van der Waals surface area (Å²) >= 11 is 7.07. The van der Waals surface area contributed by atoms with Crippen LogP contribution in [0.4, 0.5) is 11.4 Å². The van der Waals surface area contributed by atoms with E-state index in [1.165, 1.54) is 0 Å². The number of rotatable bonds is 6. The smallest absolute Gasteiger partial charge is 0.256 e. The van der Waals surface area contributed by atoms with Gasteiger partial charge >= 0.3 is 0 Å². The maximum Gasteiger partial charge on any atom is 0.256 e. The number of aromatic nitrogens is 2. The molecule has 2 heterocycles. The van der Waals surface area contributed by atoms with E-state index in [1.807, 2.05) is 116 Å². The average Bonchev–Trinajstić information content (AvgIpc) is 3.08. The highest BCUT2D eigenvalue weighted by atomic mass is 79.9. The summed E-state index contributed by atoms with van der Waals surface area (Å²) in [6, 6.07) is 39.9. The molecule has 2 aromatic heterocycles. The van der Waals surface area contributed by atoms with Crippen LogP contribution < -0.4 is 10.6 Å². The summed E-state index contributed by atoms with van der Waals surface area (Å²) in [5, 5.41) is 7.60. The van der Waals surface area contributed by atoms with Gasteiger partial charge in [-0.3, -0.25) is 9.59 Å². The fourth-order valence-corrected chi connectivity index (χ4v) is 6.37. The number of hydrogen-bond donors (Lipinski definition) is 2. The molecular weight excluding hydrogens is 716 g/mol. The molecule has 0 saturated carbocycles. The molecule has 0 aliphatic heterocycles. The van der Waals surface area contributed by atoms with Crippen molar-refractivity contribution >= 4 is 76.9 Å². The minimum atomic E-state index is -0.314. The second-order valence-electron chi connectivity index (χ2n) is 11.1. The molecule has 7 rings (SSSR count). The first kappa shape index (κ1) is 30.5. The standard InChI is InChI=1S/C39H26Br2N4O2/c1-23-16-17-34(44-38(46)30-21-35(24-8-6-10-26(40)19-24)42-32-14-4-2-12-28(30)32)37(18-23)45-39(47)31-22-36(25-9-7-11-27(41)20-25)43-33-15-5-3-13-29(31)33/h2-22H,1H3,(H,44,46)(H,45,47). The third-order valence-corrected chi connectivity index (χ3v) is 8.82. The lowest BCUT2D eigenvalue weighted by Crippen LogP contribution is -2.18. The maximum atomic E-state index is 14.0. The molecule has 5 aromatic carbocycles. The van der Waals surface area contributed by atoms with Crippen LogP contribution in [-0.2, 0) is 0 Å². The van der Waals surface area contributed by atoms with Crippen molar-refractivity contribution in [3.8, 4) is 22.5 Å². The molecule has 0 atom stereocenters. The van der Waals surface area contributed by atoms with E-state index < -0.39 is 0 Å². The van der Waals surface area contributed by atoms with Crippen LogP contribution in [0.15, 0.2) is 136 Å². The quantitative estimate of drug-likeness (QED) is 0.178. The number of amides is 2. The summed E-state index contributed by atoms with van der Waals surface area (Å²) in [4.78, 5) is 37.7. The molecule has 0 saturated heterocycles. The summed E-state index contributed by atoms with van der Waals surface area (Å²) in [7, 11) is 0. The van der Waals surface area contributed by atoms with Crippen molar-refractivity contribution in [2.24, 2.45) is 0 Å². The molecule has 0 aliphatic carbocycles. The Kier molecular flexibility index (Phi) is 8.37. The normalized spacial score (nSPS) is 11.0. The van der Waals surface area contributed by atoms with E-state index in [2.05, 4.69) is 42.5 Å². The van der Waals surface area contributed by atoms with Crippen molar-refractivity contribution in [1.29, 1.82) is 0 Å². The highest BCUT2D eigenvalue weighted by Crippen LogP contribution is 2.31. The topological polar surface area (TPSA) is 84.0 Å². The van der Waals surface area contributed by atoms with Gasteiger partial charge in [0.1, 0.15) is 0 Å². The molecule has 0 unspecified atom stereocenters.